The summed E-state index contributed by atoms with van der Waals surface area (Å²) >= 11 is 0. The zero-order valence-corrected chi connectivity index (χ0v) is 16.4. The molecule has 5 heterocycles. The lowest BCUT2D eigenvalue weighted by molar-refractivity contribution is 0.0104. The van der Waals surface area contributed by atoms with Crippen molar-refractivity contribution < 1.29 is 17.7 Å². The van der Waals surface area contributed by atoms with E-state index in [1.54, 1.807) is 18.5 Å². The molecular weight excluding hydrogens is 396 g/mol. The molecule has 2 fully saturated rings. The molecule has 0 aliphatic carbocycles. The highest BCUT2D eigenvalue weighted by atomic mass is 32.2. The summed E-state index contributed by atoms with van der Waals surface area (Å²) in [5.41, 5.74) is 0.452. The van der Waals surface area contributed by atoms with Gasteiger partial charge in [0.1, 0.15) is 0 Å². The van der Waals surface area contributed by atoms with Crippen LogP contribution >= 0.6 is 0 Å². The Morgan fingerprint density at radius 1 is 1.21 bits per heavy atom. The quantitative estimate of drug-likeness (QED) is 0.677. The van der Waals surface area contributed by atoms with Crippen molar-refractivity contribution in [3.05, 3.63) is 42.9 Å². The molecule has 2 aliphatic heterocycles. The second-order valence-electron chi connectivity index (χ2n) is 7.44. The van der Waals surface area contributed by atoms with Crippen LogP contribution < -0.4 is 0 Å². The number of aromatic nitrogens is 5. The van der Waals surface area contributed by atoms with Gasteiger partial charge in [-0.25, -0.2) is 13.4 Å². The van der Waals surface area contributed by atoms with Crippen molar-refractivity contribution in [1.82, 2.24) is 29.4 Å². The van der Waals surface area contributed by atoms with Crippen LogP contribution in [0.4, 0.5) is 0 Å². The Morgan fingerprint density at radius 3 is 2.79 bits per heavy atom. The van der Waals surface area contributed by atoms with Gasteiger partial charge in [-0.15, -0.1) is 0 Å². The standard InChI is InChI=1S/C18H20N6O4S/c25-29(26,15-9-20-12-21-15)24-10-14(18(11-24)3-6-27-7-4-18)17-22-16(23-28-17)13-2-1-5-19-8-13/h1-2,5,8-9,12,14H,3-4,6-7,10-11H2,(H,20,21). The van der Waals surface area contributed by atoms with E-state index in [9.17, 15) is 8.42 Å². The van der Waals surface area contributed by atoms with E-state index in [-0.39, 0.29) is 22.9 Å². The van der Waals surface area contributed by atoms with Gasteiger partial charge in [0.2, 0.25) is 11.7 Å². The van der Waals surface area contributed by atoms with Crippen LogP contribution in [0.2, 0.25) is 0 Å². The summed E-state index contributed by atoms with van der Waals surface area (Å²) in [7, 11) is -3.68. The number of rotatable bonds is 4. The number of nitrogens with zero attached hydrogens (tertiary/aromatic N) is 5. The highest BCUT2D eigenvalue weighted by Gasteiger charge is 2.53. The van der Waals surface area contributed by atoms with Crippen LogP contribution in [0.15, 0.2) is 46.6 Å². The van der Waals surface area contributed by atoms with E-state index in [4.69, 9.17) is 9.26 Å². The lowest BCUT2D eigenvalue weighted by Gasteiger charge is -2.36. The average Bonchev–Trinajstić information content (AvgIpc) is 3.50. The second-order valence-corrected chi connectivity index (χ2v) is 9.35. The molecular formula is C18H20N6O4S. The maximum Gasteiger partial charge on any atom is 0.260 e. The van der Waals surface area contributed by atoms with Crippen LogP contribution in [-0.2, 0) is 14.8 Å². The first-order valence-electron chi connectivity index (χ1n) is 9.39. The lowest BCUT2D eigenvalue weighted by atomic mass is 9.72. The van der Waals surface area contributed by atoms with E-state index in [1.165, 1.54) is 16.8 Å². The highest BCUT2D eigenvalue weighted by Crippen LogP contribution is 2.50. The van der Waals surface area contributed by atoms with Crippen LogP contribution in [-0.4, -0.2) is 64.1 Å². The van der Waals surface area contributed by atoms with Crippen molar-refractivity contribution in [1.29, 1.82) is 0 Å². The molecule has 2 aliphatic rings. The first-order valence-corrected chi connectivity index (χ1v) is 10.8. The molecule has 2 saturated heterocycles. The fourth-order valence-electron chi connectivity index (χ4n) is 4.24. The smallest absolute Gasteiger partial charge is 0.260 e. The average molecular weight is 416 g/mol. The van der Waals surface area contributed by atoms with Gasteiger partial charge >= 0.3 is 0 Å². The predicted molar refractivity (Wildman–Crippen MR) is 100 cm³/mol. The van der Waals surface area contributed by atoms with Gasteiger partial charge < -0.3 is 14.2 Å². The molecule has 29 heavy (non-hydrogen) atoms. The van der Waals surface area contributed by atoms with Gasteiger partial charge in [-0.1, -0.05) is 5.16 Å². The highest BCUT2D eigenvalue weighted by molar-refractivity contribution is 7.89. The summed E-state index contributed by atoms with van der Waals surface area (Å²) in [6.45, 7) is 1.82. The Balaban J connectivity index is 1.50. The second kappa shape index (κ2) is 7.01. The Morgan fingerprint density at radius 2 is 2.07 bits per heavy atom. The number of pyridine rings is 1. The van der Waals surface area contributed by atoms with E-state index in [0.29, 0.717) is 31.5 Å². The zero-order valence-electron chi connectivity index (χ0n) is 15.6. The molecule has 10 nitrogen and oxygen atoms in total. The molecule has 0 bridgehead atoms. The van der Waals surface area contributed by atoms with Gasteiger partial charge in [0, 0.05) is 49.7 Å². The monoisotopic (exact) mass is 416 g/mol. The molecule has 1 atom stereocenters. The number of hydrogen-bond donors (Lipinski definition) is 1. The number of hydrogen-bond acceptors (Lipinski definition) is 8. The number of imidazole rings is 1. The van der Waals surface area contributed by atoms with Gasteiger partial charge in [-0.2, -0.15) is 9.29 Å². The Kier molecular flexibility index (Phi) is 4.45. The van der Waals surface area contributed by atoms with Crippen LogP contribution in [0.1, 0.15) is 24.7 Å². The van der Waals surface area contributed by atoms with Crippen LogP contribution in [0.3, 0.4) is 0 Å². The maximum absolute atomic E-state index is 13.1. The molecule has 0 saturated carbocycles. The van der Waals surface area contributed by atoms with Crippen molar-refractivity contribution >= 4 is 10.0 Å². The van der Waals surface area contributed by atoms with Crippen LogP contribution in [0, 0.1) is 5.41 Å². The number of sulfonamides is 1. The lowest BCUT2D eigenvalue weighted by Crippen LogP contribution is -2.37. The Labute approximate surface area is 167 Å². The summed E-state index contributed by atoms with van der Waals surface area (Å²) < 4.78 is 38.8. The maximum atomic E-state index is 13.1. The zero-order chi connectivity index (χ0) is 19.9. The molecule has 0 radical (unpaired) electrons. The number of H-pyrrole nitrogens is 1. The van der Waals surface area contributed by atoms with Crippen molar-refractivity contribution in [3.63, 3.8) is 0 Å². The van der Waals surface area contributed by atoms with Crippen molar-refractivity contribution in [2.24, 2.45) is 5.41 Å². The van der Waals surface area contributed by atoms with Gasteiger partial charge in [0.05, 0.1) is 18.4 Å². The minimum absolute atomic E-state index is 0.0851. The largest absolute Gasteiger partial charge is 0.381 e. The third-order valence-electron chi connectivity index (χ3n) is 5.86. The Bertz CT molecular complexity index is 1080. The number of nitrogens with one attached hydrogen (secondary N) is 1. The molecule has 152 valence electrons. The molecule has 0 aromatic carbocycles. The van der Waals surface area contributed by atoms with E-state index in [0.717, 1.165) is 18.4 Å². The molecule has 1 N–H and O–H groups in total. The molecule has 3 aromatic heterocycles. The van der Waals surface area contributed by atoms with Gasteiger partial charge in [0.15, 0.2) is 5.03 Å². The normalized spacial score (nSPS) is 22.3. The Hall–Kier alpha value is -2.63. The van der Waals surface area contributed by atoms with E-state index >= 15 is 0 Å². The topological polar surface area (TPSA) is 127 Å². The van der Waals surface area contributed by atoms with Crippen molar-refractivity contribution in [2.45, 2.75) is 23.8 Å². The first kappa shape index (κ1) is 18.4. The summed E-state index contributed by atoms with van der Waals surface area (Å²) in [4.78, 5) is 15.2. The van der Waals surface area contributed by atoms with E-state index in [1.807, 2.05) is 6.07 Å². The molecule has 0 amide bonds. The summed E-state index contributed by atoms with van der Waals surface area (Å²) in [5, 5.41) is 4.19. The van der Waals surface area contributed by atoms with E-state index < -0.39 is 10.0 Å². The van der Waals surface area contributed by atoms with Gasteiger partial charge in [0.25, 0.3) is 10.0 Å². The van der Waals surface area contributed by atoms with Gasteiger partial charge in [-0.3, -0.25) is 4.98 Å². The molecule has 3 aromatic rings. The summed E-state index contributed by atoms with van der Waals surface area (Å²) in [6.07, 6.45) is 7.50. The molecule has 1 spiro atoms. The fourth-order valence-corrected chi connectivity index (χ4v) is 5.69. The van der Waals surface area contributed by atoms with Crippen LogP contribution in [0.5, 0.6) is 0 Å². The van der Waals surface area contributed by atoms with E-state index in [2.05, 4.69) is 25.1 Å². The van der Waals surface area contributed by atoms with Gasteiger partial charge in [-0.05, 0) is 25.0 Å². The minimum atomic E-state index is -3.68. The predicted octanol–water partition coefficient (Wildman–Crippen LogP) is 1.44. The third kappa shape index (κ3) is 3.15. The number of ether oxygens (including phenoxy) is 1. The SMILES string of the molecule is O=S(=O)(c1cnc[nH]1)N1CC(c2nc(-c3cccnc3)no2)C2(CCOCC2)C1. The van der Waals surface area contributed by atoms with Crippen molar-refractivity contribution in [2.75, 3.05) is 26.3 Å². The number of aromatic amines is 1. The molecule has 1 unspecified atom stereocenters. The fraction of sp³-hybridized carbons (Fsp3) is 0.444. The molecule has 11 heteroatoms. The first-order chi connectivity index (χ1) is 14.1. The summed E-state index contributed by atoms with van der Waals surface area (Å²) in [5.74, 6) is 0.695. The third-order valence-corrected chi connectivity index (χ3v) is 7.59. The van der Waals surface area contributed by atoms with Crippen molar-refractivity contribution in [3.8, 4) is 11.4 Å². The van der Waals surface area contributed by atoms with Crippen LogP contribution in [0.25, 0.3) is 11.4 Å². The minimum Gasteiger partial charge on any atom is -0.381 e. The summed E-state index contributed by atoms with van der Waals surface area (Å²) in [6, 6.07) is 3.66. The molecule has 5 rings (SSSR count).